The van der Waals surface area contributed by atoms with Crippen LogP contribution in [0.25, 0.3) is 29.0 Å². The number of methoxy groups -OCH3 is 1. The number of hydrogen-bond donors (Lipinski definition) is 2. The number of nitrogens with two attached hydrogens (primary N) is 1. The van der Waals surface area contributed by atoms with Gasteiger partial charge in [0, 0.05) is 11.9 Å². The molecule has 0 saturated carbocycles. The van der Waals surface area contributed by atoms with Crippen LogP contribution >= 0.6 is 0 Å². The van der Waals surface area contributed by atoms with Gasteiger partial charge in [-0.15, -0.1) is 0 Å². The lowest BCUT2D eigenvalue weighted by Gasteiger charge is -2.11. The van der Waals surface area contributed by atoms with Gasteiger partial charge < -0.3 is 15.0 Å². The summed E-state index contributed by atoms with van der Waals surface area (Å²) in [6, 6.07) is 23.7. The highest BCUT2D eigenvalue weighted by Crippen LogP contribution is 2.28. The SMILES string of the molecule is COC(=O)c1c(N)c(C#N)cn1-c1ccc(C=Cc2ccc(-c3ccccc3)cc2)c(S(=O)(=O)O)c1. The zero-order valence-corrected chi connectivity index (χ0v) is 19.9. The van der Waals surface area contributed by atoms with Crippen LogP contribution in [0.2, 0.25) is 0 Å². The fraction of sp³-hybridized carbons (Fsp3) is 0.0370. The van der Waals surface area contributed by atoms with Crippen LogP contribution in [0.4, 0.5) is 5.69 Å². The zero-order chi connectivity index (χ0) is 25.9. The van der Waals surface area contributed by atoms with Crippen molar-refractivity contribution >= 4 is 33.9 Å². The average molecular weight is 500 g/mol. The Hall–Kier alpha value is -4.65. The smallest absolute Gasteiger partial charge is 0.357 e. The Morgan fingerprint density at radius 2 is 1.69 bits per heavy atom. The molecule has 0 radical (unpaired) electrons. The maximum Gasteiger partial charge on any atom is 0.357 e. The second-order valence-corrected chi connectivity index (χ2v) is 9.19. The first kappa shape index (κ1) is 24.5. The Labute approximate surface area is 208 Å². The van der Waals surface area contributed by atoms with Crippen molar-refractivity contribution in [3.8, 4) is 22.9 Å². The van der Waals surface area contributed by atoms with E-state index in [1.54, 1.807) is 18.2 Å². The van der Waals surface area contributed by atoms with Gasteiger partial charge in [-0.2, -0.15) is 13.7 Å². The molecule has 0 fully saturated rings. The molecule has 8 nitrogen and oxygen atoms in total. The molecule has 4 rings (SSSR count). The molecule has 0 aliphatic carbocycles. The molecule has 0 aliphatic heterocycles. The summed E-state index contributed by atoms with van der Waals surface area (Å²) in [5.74, 6) is -0.801. The van der Waals surface area contributed by atoms with E-state index in [-0.39, 0.29) is 33.1 Å². The number of ether oxygens (including phenoxy) is 1. The largest absolute Gasteiger partial charge is 0.464 e. The Bertz CT molecular complexity index is 1610. The number of nitrogens with zero attached hydrogens (tertiary/aromatic N) is 2. The molecule has 0 unspecified atom stereocenters. The summed E-state index contributed by atoms with van der Waals surface area (Å²) in [5, 5.41) is 9.31. The van der Waals surface area contributed by atoms with Gasteiger partial charge in [0.1, 0.15) is 11.0 Å². The molecule has 9 heteroatoms. The lowest BCUT2D eigenvalue weighted by molar-refractivity contribution is 0.0593. The van der Waals surface area contributed by atoms with Gasteiger partial charge >= 0.3 is 5.97 Å². The minimum Gasteiger partial charge on any atom is -0.464 e. The Kier molecular flexibility index (Phi) is 6.74. The number of hydrogen-bond acceptors (Lipinski definition) is 6. The summed E-state index contributed by atoms with van der Waals surface area (Å²) < 4.78 is 40.3. The number of aromatic nitrogens is 1. The van der Waals surface area contributed by atoms with E-state index in [1.165, 1.54) is 22.9 Å². The minimum atomic E-state index is -4.64. The predicted molar refractivity (Wildman–Crippen MR) is 137 cm³/mol. The molecule has 3 aromatic carbocycles. The predicted octanol–water partition coefficient (Wildman–Crippen LogP) is 4.80. The number of benzene rings is 3. The van der Waals surface area contributed by atoms with E-state index in [0.29, 0.717) is 0 Å². The highest BCUT2D eigenvalue weighted by atomic mass is 32.2. The molecule has 0 spiro atoms. The van der Waals surface area contributed by atoms with Crippen LogP contribution in [0.3, 0.4) is 0 Å². The first-order chi connectivity index (χ1) is 17.2. The number of rotatable bonds is 6. The molecule has 3 N–H and O–H groups in total. The quantitative estimate of drug-likeness (QED) is 0.221. The monoisotopic (exact) mass is 499 g/mol. The molecule has 0 aliphatic rings. The lowest BCUT2D eigenvalue weighted by atomic mass is 10.0. The molecule has 36 heavy (non-hydrogen) atoms. The van der Waals surface area contributed by atoms with Crippen molar-refractivity contribution in [2.45, 2.75) is 4.90 Å². The van der Waals surface area contributed by atoms with Gasteiger partial charge in [-0.05, 0) is 34.4 Å². The van der Waals surface area contributed by atoms with Crippen LogP contribution in [-0.4, -0.2) is 30.6 Å². The van der Waals surface area contributed by atoms with Gasteiger partial charge in [-0.3, -0.25) is 4.55 Å². The van der Waals surface area contributed by atoms with Gasteiger partial charge in [-0.1, -0.05) is 72.8 Å². The van der Waals surface area contributed by atoms with Gasteiger partial charge in [-0.25, -0.2) is 4.79 Å². The van der Waals surface area contributed by atoms with E-state index >= 15 is 0 Å². The van der Waals surface area contributed by atoms with Crippen molar-refractivity contribution in [2.75, 3.05) is 12.8 Å². The molecule has 1 aromatic heterocycles. The number of nitriles is 1. The third-order valence-corrected chi connectivity index (χ3v) is 6.48. The fourth-order valence-electron chi connectivity index (χ4n) is 3.76. The van der Waals surface area contributed by atoms with Crippen molar-refractivity contribution in [1.29, 1.82) is 5.26 Å². The molecule has 180 valence electrons. The number of nitrogen functional groups attached to an aromatic ring is 1. The van der Waals surface area contributed by atoms with Gasteiger partial charge in [0.2, 0.25) is 0 Å². The molecule has 0 amide bonds. The fourth-order valence-corrected chi connectivity index (χ4v) is 4.46. The molecule has 0 atom stereocenters. The van der Waals surface area contributed by atoms with E-state index in [9.17, 15) is 23.0 Å². The Morgan fingerprint density at radius 3 is 2.31 bits per heavy atom. The third kappa shape index (κ3) is 4.90. The molecule has 4 aromatic rings. The molecule has 0 bridgehead atoms. The van der Waals surface area contributed by atoms with E-state index < -0.39 is 16.1 Å². The third-order valence-electron chi connectivity index (χ3n) is 5.57. The second-order valence-electron chi connectivity index (χ2n) is 7.80. The summed E-state index contributed by atoms with van der Waals surface area (Å²) in [6.45, 7) is 0. The zero-order valence-electron chi connectivity index (χ0n) is 19.1. The summed E-state index contributed by atoms with van der Waals surface area (Å²) in [4.78, 5) is 11.9. The maximum absolute atomic E-state index is 12.3. The number of esters is 1. The molecular formula is C27H21N3O5S. The van der Waals surface area contributed by atoms with E-state index in [0.717, 1.165) is 23.8 Å². The maximum atomic E-state index is 12.3. The minimum absolute atomic E-state index is 0.0201. The summed E-state index contributed by atoms with van der Waals surface area (Å²) in [5.41, 5.74) is 9.08. The van der Waals surface area contributed by atoms with Crippen LogP contribution in [0.5, 0.6) is 0 Å². The first-order valence-corrected chi connectivity index (χ1v) is 12.1. The van der Waals surface area contributed by atoms with E-state index in [4.69, 9.17) is 10.5 Å². The first-order valence-electron chi connectivity index (χ1n) is 10.7. The Balaban J connectivity index is 1.73. The summed E-state index contributed by atoms with van der Waals surface area (Å²) >= 11 is 0. The highest BCUT2D eigenvalue weighted by Gasteiger charge is 2.23. The molecule has 1 heterocycles. The van der Waals surface area contributed by atoms with Crippen molar-refractivity contribution in [3.63, 3.8) is 0 Å². The van der Waals surface area contributed by atoms with E-state index in [1.807, 2.05) is 60.7 Å². The van der Waals surface area contributed by atoms with E-state index in [2.05, 4.69) is 0 Å². The van der Waals surface area contributed by atoms with Crippen LogP contribution in [0, 0.1) is 11.3 Å². The molecular weight excluding hydrogens is 478 g/mol. The van der Waals surface area contributed by atoms with Crippen molar-refractivity contribution < 1.29 is 22.5 Å². The van der Waals surface area contributed by atoms with Gasteiger partial charge in [0.25, 0.3) is 10.1 Å². The van der Waals surface area contributed by atoms with Crippen LogP contribution < -0.4 is 5.73 Å². The van der Waals surface area contributed by atoms with Crippen molar-refractivity contribution in [3.05, 3.63) is 101 Å². The normalized spacial score (nSPS) is 11.4. The summed E-state index contributed by atoms with van der Waals surface area (Å²) in [7, 11) is -3.47. The number of carbonyl (C=O) groups is 1. The van der Waals surface area contributed by atoms with Crippen LogP contribution in [0.1, 0.15) is 27.2 Å². The van der Waals surface area contributed by atoms with Crippen LogP contribution in [0.15, 0.2) is 83.9 Å². The summed E-state index contributed by atoms with van der Waals surface area (Å²) in [6.07, 6.45) is 4.59. The topological polar surface area (TPSA) is 135 Å². The van der Waals surface area contributed by atoms with Crippen molar-refractivity contribution in [1.82, 2.24) is 4.57 Å². The van der Waals surface area contributed by atoms with Crippen molar-refractivity contribution in [2.24, 2.45) is 0 Å². The average Bonchev–Trinajstić information content (AvgIpc) is 3.23. The standard InChI is InChI=1S/C27H21N3O5S/c1-35-27(31)26-25(29)22(16-28)17-30(26)23-14-13-21(24(15-23)36(32,33)34)12-9-18-7-10-20(11-8-18)19-5-3-2-4-6-19/h2-15,17H,29H2,1H3,(H,32,33,34). The number of carbonyl (C=O) groups excluding carboxylic acids is 1. The van der Waals surface area contributed by atoms with Crippen LogP contribution in [-0.2, 0) is 14.9 Å². The molecule has 0 saturated heterocycles. The highest BCUT2D eigenvalue weighted by molar-refractivity contribution is 7.86. The van der Waals surface area contributed by atoms with Gasteiger partial charge in [0.15, 0.2) is 5.69 Å². The second kappa shape index (κ2) is 9.92. The Morgan fingerprint density at radius 1 is 1.03 bits per heavy atom. The number of anilines is 1. The lowest BCUT2D eigenvalue weighted by Crippen LogP contribution is -2.12. The van der Waals surface area contributed by atoms with Gasteiger partial charge in [0.05, 0.1) is 18.4 Å².